The van der Waals surface area contributed by atoms with Gasteiger partial charge in [-0.25, -0.2) is 15.1 Å². The summed E-state index contributed by atoms with van der Waals surface area (Å²) in [5.74, 6) is 0.134. The standard InChI is InChI=1S/C22H22ClF3N6O3/c23-18-2-1-16-17(13-29-30-20(16)34)15(18)3-9-35-10-4-19(33)31-5-7-32(8-6-31)21-27-11-14(12-28-21)22(24,25)26/h1-2,11-13H,3-10H2,(H,30,34). The molecule has 13 heteroatoms. The first-order valence-electron chi connectivity index (χ1n) is 10.9. The van der Waals surface area contributed by atoms with Crippen molar-refractivity contribution in [1.82, 2.24) is 25.1 Å². The molecule has 186 valence electrons. The van der Waals surface area contributed by atoms with Crippen LogP contribution in [-0.2, 0) is 22.1 Å². The zero-order chi connectivity index (χ0) is 25.0. The van der Waals surface area contributed by atoms with Crippen LogP contribution in [-0.4, -0.2) is 70.4 Å². The van der Waals surface area contributed by atoms with Gasteiger partial charge in [0.15, 0.2) is 0 Å². The van der Waals surface area contributed by atoms with Gasteiger partial charge in [-0.15, -0.1) is 0 Å². The van der Waals surface area contributed by atoms with E-state index in [0.717, 1.165) is 18.0 Å². The van der Waals surface area contributed by atoms with Gasteiger partial charge < -0.3 is 14.5 Å². The third-order valence-electron chi connectivity index (χ3n) is 5.74. The lowest BCUT2D eigenvalue weighted by Gasteiger charge is -2.34. The van der Waals surface area contributed by atoms with Gasteiger partial charge in [0.1, 0.15) is 0 Å². The topological polar surface area (TPSA) is 104 Å². The Balaban J connectivity index is 1.21. The normalized spacial score (nSPS) is 14.5. The highest BCUT2D eigenvalue weighted by atomic mass is 35.5. The maximum atomic E-state index is 12.7. The minimum Gasteiger partial charge on any atom is -0.381 e. The van der Waals surface area contributed by atoms with Gasteiger partial charge in [-0.3, -0.25) is 9.59 Å². The number of carbonyl (C=O) groups is 1. The molecule has 0 atom stereocenters. The zero-order valence-electron chi connectivity index (χ0n) is 18.5. The monoisotopic (exact) mass is 510 g/mol. The number of piperazine rings is 1. The van der Waals surface area contributed by atoms with Crippen molar-refractivity contribution >= 4 is 34.2 Å². The van der Waals surface area contributed by atoms with E-state index in [1.807, 2.05) is 0 Å². The van der Waals surface area contributed by atoms with Crippen molar-refractivity contribution in [1.29, 1.82) is 0 Å². The van der Waals surface area contributed by atoms with Crippen molar-refractivity contribution in [2.75, 3.05) is 44.3 Å². The van der Waals surface area contributed by atoms with Crippen LogP contribution in [0.3, 0.4) is 0 Å². The highest BCUT2D eigenvalue weighted by molar-refractivity contribution is 6.32. The molecular formula is C22H22ClF3N6O3. The van der Waals surface area contributed by atoms with E-state index in [1.165, 1.54) is 0 Å². The van der Waals surface area contributed by atoms with Crippen molar-refractivity contribution in [3.8, 4) is 0 Å². The van der Waals surface area contributed by atoms with Crippen LogP contribution in [0.25, 0.3) is 10.8 Å². The number of halogens is 4. The molecule has 0 spiro atoms. The molecule has 3 aromatic rings. The first kappa shape index (κ1) is 24.9. The molecule has 0 saturated carbocycles. The smallest absolute Gasteiger partial charge is 0.381 e. The van der Waals surface area contributed by atoms with Gasteiger partial charge in [0, 0.05) is 49.0 Å². The van der Waals surface area contributed by atoms with E-state index in [0.29, 0.717) is 55.0 Å². The molecule has 1 aliphatic rings. The Labute approximate surface area is 202 Å². The van der Waals surface area contributed by atoms with Gasteiger partial charge in [-0.2, -0.15) is 18.3 Å². The lowest BCUT2D eigenvalue weighted by molar-refractivity contribution is -0.138. The number of hydrogen-bond donors (Lipinski definition) is 1. The van der Waals surface area contributed by atoms with Crippen LogP contribution in [0.15, 0.2) is 35.5 Å². The summed E-state index contributed by atoms with van der Waals surface area (Å²) in [5.41, 5.74) is -0.435. The lowest BCUT2D eigenvalue weighted by Crippen LogP contribution is -2.49. The van der Waals surface area contributed by atoms with E-state index in [2.05, 4.69) is 20.2 Å². The first-order valence-corrected chi connectivity index (χ1v) is 11.3. The molecule has 3 heterocycles. The number of rotatable bonds is 7. The van der Waals surface area contributed by atoms with Crippen molar-refractivity contribution in [3.63, 3.8) is 0 Å². The summed E-state index contributed by atoms with van der Waals surface area (Å²) in [4.78, 5) is 35.4. The number of nitrogens with one attached hydrogen (secondary N) is 1. The molecular weight excluding hydrogens is 489 g/mol. The molecule has 1 aromatic carbocycles. The van der Waals surface area contributed by atoms with Crippen LogP contribution in [0.1, 0.15) is 17.5 Å². The minimum atomic E-state index is -4.48. The van der Waals surface area contributed by atoms with E-state index in [4.69, 9.17) is 16.3 Å². The first-order chi connectivity index (χ1) is 16.7. The predicted molar refractivity (Wildman–Crippen MR) is 122 cm³/mol. The number of anilines is 1. The second kappa shape index (κ2) is 10.6. The molecule has 2 aromatic heterocycles. The second-order valence-corrected chi connectivity index (χ2v) is 8.34. The molecule has 35 heavy (non-hydrogen) atoms. The van der Waals surface area contributed by atoms with Gasteiger partial charge in [0.05, 0.1) is 36.8 Å². The second-order valence-electron chi connectivity index (χ2n) is 7.94. The molecule has 1 amide bonds. The van der Waals surface area contributed by atoms with Crippen LogP contribution in [0, 0.1) is 0 Å². The lowest BCUT2D eigenvalue weighted by atomic mass is 10.1. The Bertz CT molecular complexity index is 1240. The third-order valence-corrected chi connectivity index (χ3v) is 6.10. The molecule has 0 aliphatic carbocycles. The highest BCUT2D eigenvalue weighted by Gasteiger charge is 2.32. The number of aromatic amines is 1. The van der Waals surface area contributed by atoms with Crippen LogP contribution in [0.2, 0.25) is 5.02 Å². The zero-order valence-corrected chi connectivity index (χ0v) is 19.3. The Hall–Kier alpha value is -3.25. The van der Waals surface area contributed by atoms with Crippen molar-refractivity contribution in [3.05, 3.63) is 57.2 Å². The summed E-state index contributed by atoms with van der Waals surface area (Å²) < 4.78 is 43.6. The number of ether oxygens (including phenoxy) is 1. The fraction of sp³-hybridized carbons (Fsp3) is 0.409. The SMILES string of the molecule is O=C(CCOCCc1c(Cl)ccc2c(=O)[nH]ncc12)N1CCN(c2ncc(C(F)(F)F)cn2)CC1. The Morgan fingerprint density at radius 1 is 1.06 bits per heavy atom. The van der Waals surface area contributed by atoms with Crippen LogP contribution < -0.4 is 10.5 Å². The summed E-state index contributed by atoms with van der Waals surface area (Å²) in [6.07, 6.45) is -0.753. The molecule has 1 aliphatic heterocycles. The minimum absolute atomic E-state index is 0.0723. The summed E-state index contributed by atoms with van der Waals surface area (Å²) in [6, 6.07) is 3.30. The average Bonchev–Trinajstić information content (AvgIpc) is 2.84. The van der Waals surface area contributed by atoms with E-state index >= 15 is 0 Å². The Morgan fingerprint density at radius 2 is 1.77 bits per heavy atom. The molecule has 1 saturated heterocycles. The van der Waals surface area contributed by atoms with Crippen molar-refractivity contribution in [2.24, 2.45) is 0 Å². The maximum absolute atomic E-state index is 12.7. The van der Waals surface area contributed by atoms with Crippen molar-refractivity contribution in [2.45, 2.75) is 19.0 Å². The number of benzene rings is 1. The fourth-order valence-electron chi connectivity index (χ4n) is 3.83. The van der Waals surface area contributed by atoms with E-state index < -0.39 is 11.7 Å². The van der Waals surface area contributed by atoms with Crippen LogP contribution in [0.4, 0.5) is 19.1 Å². The molecule has 0 radical (unpaired) electrons. The molecule has 4 rings (SSSR count). The number of fused-ring (bicyclic) bond motifs is 1. The van der Waals surface area contributed by atoms with Crippen LogP contribution >= 0.6 is 11.6 Å². The number of amides is 1. The fourth-order valence-corrected chi connectivity index (χ4v) is 4.09. The number of hydrogen-bond acceptors (Lipinski definition) is 7. The molecule has 1 fully saturated rings. The third kappa shape index (κ3) is 5.88. The molecule has 0 unspecified atom stereocenters. The average molecular weight is 511 g/mol. The number of carbonyl (C=O) groups excluding carboxylic acids is 1. The van der Waals surface area contributed by atoms with Gasteiger partial charge in [-0.05, 0) is 24.1 Å². The Morgan fingerprint density at radius 3 is 2.46 bits per heavy atom. The summed E-state index contributed by atoms with van der Waals surface area (Å²) >= 11 is 6.28. The van der Waals surface area contributed by atoms with E-state index in [1.54, 1.807) is 28.1 Å². The number of alkyl halides is 3. The maximum Gasteiger partial charge on any atom is 0.419 e. The highest BCUT2D eigenvalue weighted by Crippen LogP contribution is 2.28. The van der Waals surface area contributed by atoms with Gasteiger partial charge in [0.2, 0.25) is 11.9 Å². The van der Waals surface area contributed by atoms with Gasteiger partial charge in [-0.1, -0.05) is 11.6 Å². The summed E-state index contributed by atoms with van der Waals surface area (Å²) in [7, 11) is 0. The van der Waals surface area contributed by atoms with Gasteiger partial charge in [0.25, 0.3) is 5.56 Å². The summed E-state index contributed by atoms with van der Waals surface area (Å²) in [6.45, 7) is 2.21. The largest absolute Gasteiger partial charge is 0.419 e. The Kier molecular flexibility index (Phi) is 7.51. The molecule has 9 nitrogen and oxygen atoms in total. The van der Waals surface area contributed by atoms with Crippen LogP contribution in [0.5, 0.6) is 0 Å². The number of H-pyrrole nitrogens is 1. The van der Waals surface area contributed by atoms with E-state index in [-0.39, 0.29) is 30.4 Å². The van der Waals surface area contributed by atoms with Gasteiger partial charge >= 0.3 is 6.18 Å². The quantitative estimate of drug-likeness (QED) is 0.487. The molecule has 1 N–H and O–H groups in total. The van der Waals surface area contributed by atoms with Crippen molar-refractivity contribution < 1.29 is 22.7 Å². The summed E-state index contributed by atoms with van der Waals surface area (Å²) in [5, 5.41) is 7.89. The number of nitrogens with zero attached hydrogens (tertiary/aromatic N) is 5. The number of aromatic nitrogens is 4. The predicted octanol–water partition coefficient (Wildman–Crippen LogP) is 2.68. The van der Waals surface area contributed by atoms with E-state index in [9.17, 15) is 22.8 Å². The molecule has 0 bridgehead atoms.